The molecule has 2 N–H and O–H groups in total. The molecule has 0 radical (unpaired) electrons. The average Bonchev–Trinajstić information content (AvgIpc) is 3.28. The van der Waals surface area contributed by atoms with Crippen LogP contribution in [0.15, 0.2) is 110 Å². The van der Waals surface area contributed by atoms with Crippen molar-refractivity contribution in [2.45, 2.75) is 25.7 Å². The smallest absolute Gasteiger partial charge is 0.407 e. The highest BCUT2D eigenvalue weighted by molar-refractivity contribution is 5.87. The quantitative estimate of drug-likeness (QED) is 0.0310. The van der Waals surface area contributed by atoms with Crippen LogP contribution in [0.3, 0.4) is 0 Å². The molecule has 2 amide bonds. The Hall–Kier alpha value is -7.30. The molecule has 0 saturated heterocycles. The minimum Gasteiger partial charge on any atom is -0.490 e. The highest BCUT2D eigenvalue weighted by Crippen LogP contribution is 2.34. The van der Waals surface area contributed by atoms with E-state index in [9.17, 15) is 28.8 Å². The number of nitrogens with one attached hydrogen (secondary N) is 2. The highest BCUT2D eigenvalue weighted by Gasteiger charge is 2.18. The first-order chi connectivity index (χ1) is 30.0. The molecule has 17 heteroatoms. The van der Waals surface area contributed by atoms with Gasteiger partial charge in [0, 0.05) is 30.1 Å². The number of rotatable bonds is 28. The van der Waals surface area contributed by atoms with E-state index in [-0.39, 0.29) is 90.5 Å². The monoisotopic (exact) mass is 860 g/mol. The normalized spacial score (nSPS) is 10.3. The summed E-state index contributed by atoms with van der Waals surface area (Å²) in [6.07, 6.45) is 1.13. The van der Waals surface area contributed by atoms with Crippen LogP contribution in [-0.4, -0.2) is 109 Å². The van der Waals surface area contributed by atoms with E-state index in [1.807, 2.05) is 72.8 Å². The van der Waals surface area contributed by atoms with Gasteiger partial charge < -0.3 is 53.3 Å². The molecule has 0 fully saturated rings. The van der Waals surface area contributed by atoms with Gasteiger partial charge in [-0.05, 0) is 66.4 Å². The summed E-state index contributed by atoms with van der Waals surface area (Å²) in [4.78, 5) is 69.4. The van der Waals surface area contributed by atoms with Gasteiger partial charge in [-0.3, -0.25) is 4.79 Å². The number of alkyl carbamates (subject to hydrolysis) is 2. The molecular weight excluding hydrogens is 808 g/mol. The highest BCUT2D eigenvalue weighted by atomic mass is 16.6. The van der Waals surface area contributed by atoms with E-state index in [4.69, 9.17) is 42.6 Å². The van der Waals surface area contributed by atoms with Crippen molar-refractivity contribution in [3.05, 3.63) is 127 Å². The van der Waals surface area contributed by atoms with E-state index in [1.165, 1.54) is 0 Å². The molecule has 3 rings (SSSR count). The first kappa shape index (κ1) is 49.1. The molecule has 3 aromatic carbocycles. The topological polar surface area (TPSA) is 210 Å². The summed E-state index contributed by atoms with van der Waals surface area (Å²) in [5.41, 5.74) is 3.10. The van der Waals surface area contributed by atoms with Crippen molar-refractivity contribution in [2.75, 3.05) is 72.6 Å². The van der Waals surface area contributed by atoms with Gasteiger partial charge in [0.1, 0.15) is 70.1 Å². The maximum absolute atomic E-state index is 12.1. The van der Waals surface area contributed by atoms with E-state index in [0.717, 1.165) is 28.8 Å². The lowest BCUT2D eigenvalue weighted by molar-refractivity contribution is -0.146. The second-order valence-electron chi connectivity index (χ2n) is 12.8. The van der Waals surface area contributed by atoms with Crippen molar-refractivity contribution in [3.8, 4) is 17.2 Å². The SMILES string of the molecule is C=CC(=O)OCCNC(=O)OCCOc1ccc(C(c2ccc(OCCOC(=O)CCCOC(=O)C(=C)C)cc2)c2ccc(OCCOC(=O)NCCOC(=O)C=C)cc2)cc1. The Morgan fingerprint density at radius 1 is 0.516 bits per heavy atom. The van der Waals surface area contributed by atoms with Gasteiger partial charge in [-0.25, -0.2) is 24.0 Å². The first-order valence-corrected chi connectivity index (χ1v) is 19.5. The van der Waals surface area contributed by atoms with Crippen molar-refractivity contribution >= 4 is 36.1 Å². The zero-order valence-electron chi connectivity index (χ0n) is 34.6. The van der Waals surface area contributed by atoms with Gasteiger partial charge in [-0.2, -0.15) is 0 Å². The van der Waals surface area contributed by atoms with Crippen molar-refractivity contribution in [3.63, 3.8) is 0 Å². The minimum absolute atomic E-state index is 0.0166. The summed E-state index contributed by atoms with van der Waals surface area (Å²) in [6, 6.07) is 22.5. The number of hydrogen-bond acceptors (Lipinski definition) is 15. The molecule has 0 aliphatic heterocycles. The average molecular weight is 861 g/mol. The lowest BCUT2D eigenvalue weighted by atomic mass is 9.85. The van der Waals surface area contributed by atoms with Crippen LogP contribution in [0, 0.1) is 0 Å². The number of ether oxygens (including phenoxy) is 9. The second-order valence-corrected chi connectivity index (χ2v) is 12.8. The number of carbonyl (C=O) groups is 6. The Morgan fingerprint density at radius 3 is 1.27 bits per heavy atom. The van der Waals surface area contributed by atoms with Crippen LogP contribution in [0.5, 0.6) is 17.2 Å². The molecular formula is C45H52N2O15. The summed E-state index contributed by atoms with van der Waals surface area (Å²) < 4.78 is 47.4. The summed E-state index contributed by atoms with van der Waals surface area (Å²) in [6.45, 7) is 12.2. The van der Waals surface area contributed by atoms with Gasteiger partial charge in [0.15, 0.2) is 0 Å². The van der Waals surface area contributed by atoms with Crippen molar-refractivity contribution < 1.29 is 71.4 Å². The lowest BCUT2D eigenvalue weighted by Crippen LogP contribution is -2.29. The molecule has 332 valence electrons. The molecule has 0 atom stereocenters. The fraction of sp³-hybridized carbons (Fsp3) is 0.333. The molecule has 0 spiro atoms. The van der Waals surface area contributed by atoms with E-state index in [0.29, 0.717) is 23.7 Å². The number of hydrogen-bond donors (Lipinski definition) is 2. The van der Waals surface area contributed by atoms with Crippen LogP contribution in [0.4, 0.5) is 9.59 Å². The van der Waals surface area contributed by atoms with E-state index < -0.39 is 36.1 Å². The predicted molar refractivity (Wildman–Crippen MR) is 224 cm³/mol. The standard InChI is InChI=1S/C45H52N2O15/c1-5-39(48)57-24-21-46-44(52)61-30-27-55-37-17-11-34(12-18-37)42(35-13-19-38(20-14-35)56-28-31-62-45(53)47-22-25-58-40(49)6-2)33-9-15-36(16-10-33)54-26-29-59-41(50)8-7-23-60-43(51)32(3)4/h5-6,9-20,42H,1-3,7-8,21-31H2,4H3,(H,46,52)(H,47,53). The lowest BCUT2D eigenvalue weighted by Gasteiger charge is -2.20. The maximum Gasteiger partial charge on any atom is 0.407 e. The zero-order chi connectivity index (χ0) is 45.0. The molecule has 0 heterocycles. The molecule has 0 aromatic heterocycles. The van der Waals surface area contributed by atoms with E-state index in [1.54, 1.807) is 6.92 Å². The largest absolute Gasteiger partial charge is 0.490 e. The van der Waals surface area contributed by atoms with Crippen LogP contribution in [0.25, 0.3) is 0 Å². The van der Waals surface area contributed by atoms with Crippen molar-refractivity contribution in [1.29, 1.82) is 0 Å². The van der Waals surface area contributed by atoms with Crippen LogP contribution in [-0.2, 0) is 47.6 Å². The molecule has 62 heavy (non-hydrogen) atoms. The molecule has 0 saturated carbocycles. The Morgan fingerprint density at radius 2 is 0.903 bits per heavy atom. The predicted octanol–water partition coefficient (Wildman–Crippen LogP) is 5.36. The molecule has 17 nitrogen and oxygen atoms in total. The van der Waals surface area contributed by atoms with Gasteiger partial charge in [-0.15, -0.1) is 0 Å². The first-order valence-electron chi connectivity index (χ1n) is 19.5. The number of carbonyl (C=O) groups excluding carboxylic acids is 6. The fourth-order valence-electron chi connectivity index (χ4n) is 5.16. The second kappa shape index (κ2) is 28.2. The summed E-state index contributed by atoms with van der Waals surface area (Å²) in [5.74, 6) is -0.666. The number of esters is 4. The Kier molecular flexibility index (Phi) is 22.3. The molecule has 0 aliphatic rings. The van der Waals surface area contributed by atoms with Crippen LogP contribution >= 0.6 is 0 Å². The third kappa shape index (κ3) is 19.6. The minimum atomic E-state index is -0.677. The Bertz CT molecular complexity index is 1840. The van der Waals surface area contributed by atoms with E-state index in [2.05, 4.69) is 30.4 Å². The van der Waals surface area contributed by atoms with Gasteiger partial charge in [0.2, 0.25) is 0 Å². The Balaban J connectivity index is 1.57. The zero-order valence-corrected chi connectivity index (χ0v) is 34.6. The fourth-order valence-corrected chi connectivity index (χ4v) is 5.16. The number of benzene rings is 3. The third-order valence-electron chi connectivity index (χ3n) is 8.10. The summed E-state index contributed by atoms with van der Waals surface area (Å²) in [7, 11) is 0. The molecule has 0 unspecified atom stereocenters. The molecule has 0 bridgehead atoms. The van der Waals surface area contributed by atoms with Gasteiger partial charge in [-0.1, -0.05) is 56.1 Å². The Labute approximate surface area is 359 Å². The van der Waals surface area contributed by atoms with Crippen LogP contribution in [0.2, 0.25) is 0 Å². The van der Waals surface area contributed by atoms with Gasteiger partial charge in [0.25, 0.3) is 0 Å². The van der Waals surface area contributed by atoms with Crippen LogP contribution < -0.4 is 24.8 Å². The summed E-state index contributed by atoms with van der Waals surface area (Å²) in [5, 5.41) is 4.93. The number of amides is 2. The summed E-state index contributed by atoms with van der Waals surface area (Å²) >= 11 is 0. The third-order valence-corrected chi connectivity index (χ3v) is 8.10. The molecule has 0 aliphatic carbocycles. The van der Waals surface area contributed by atoms with Gasteiger partial charge in [0.05, 0.1) is 19.7 Å². The molecule has 3 aromatic rings. The van der Waals surface area contributed by atoms with Gasteiger partial charge >= 0.3 is 36.1 Å². The van der Waals surface area contributed by atoms with Crippen molar-refractivity contribution in [2.24, 2.45) is 0 Å². The maximum atomic E-state index is 12.1. The van der Waals surface area contributed by atoms with Crippen molar-refractivity contribution in [1.82, 2.24) is 10.6 Å². The van der Waals surface area contributed by atoms with E-state index >= 15 is 0 Å². The van der Waals surface area contributed by atoms with Crippen LogP contribution in [0.1, 0.15) is 42.4 Å².